The maximum atomic E-state index is 13.1. The third-order valence-electron chi connectivity index (χ3n) is 4.53. The summed E-state index contributed by atoms with van der Waals surface area (Å²) in [6, 6.07) is 17.1. The van der Waals surface area contributed by atoms with Crippen LogP contribution in [-0.2, 0) is 11.2 Å². The van der Waals surface area contributed by atoms with E-state index in [-0.39, 0.29) is 11.9 Å². The second-order valence-corrected chi connectivity index (χ2v) is 6.23. The average Bonchev–Trinajstić information content (AvgIpc) is 3.21. The van der Waals surface area contributed by atoms with Crippen molar-refractivity contribution < 1.29 is 9.53 Å². The van der Waals surface area contributed by atoms with Crippen molar-refractivity contribution in [3.8, 4) is 5.75 Å². The molecule has 3 aromatic rings. The third kappa shape index (κ3) is 3.42. The molecule has 4 rings (SSSR count). The fourth-order valence-electron chi connectivity index (χ4n) is 3.21. The van der Waals surface area contributed by atoms with Gasteiger partial charge in [-0.3, -0.25) is 4.79 Å². The van der Waals surface area contributed by atoms with Crippen LogP contribution in [0.3, 0.4) is 0 Å². The molecule has 1 aliphatic rings. The van der Waals surface area contributed by atoms with Gasteiger partial charge >= 0.3 is 0 Å². The summed E-state index contributed by atoms with van der Waals surface area (Å²) in [7, 11) is 0. The molecule has 7 heteroatoms. The Labute approximate surface area is 151 Å². The van der Waals surface area contributed by atoms with Crippen molar-refractivity contribution in [2.75, 3.05) is 6.61 Å². The van der Waals surface area contributed by atoms with Crippen molar-refractivity contribution in [3.63, 3.8) is 0 Å². The summed E-state index contributed by atoms with van der Waals surface area (Å²) in [5, 5.41) is 14.5. The molecule has 2 heterocycles. The van der Waals surface area contributed by atoms with E-state index < -0.39 is 6.04 Å². The Balaban J connectivity index is 1.56. The number of amides is 1. The smallest absolute Gasteiger partial charge is 0.245 e. The number of aromatic nitrogens is 4. The molecule has 0 saturated carbocycles. The summed E-state index contributed by atoms with van der Waals surface area (Å²) in [5.74, 6) is 0.717. The summed E-state index contributed by atoms with van der Waals surface area (Å²) < 4.78 is 7.18. The normalized spacial score (nSPS) is 17.0. The van der Waals surface area contributed by atoms with Gasteiger partial charge in [0.25, 0.3) is 0 Å². The fraction of sp³-hybridized carbons (Fsp3) is 0.263. The van der Waals surface area contributed by atoms with Crippen LogP contribution in [0.5, 0.6) is 5.75 Å². The zero-order chi connectivity index (χ0) is 17.8. The molecule has 0 saturated heterocycles. The maximum Gasteiger partial charge on any atom is 0.245 e. The van der Waals surface area contributed by atoms with Gasteiger partial charge in [0.1, 0.15) is 18.1 Å². The predicted octanol–water partition coefficient (Wildman–Crippen LogP) is 2.10. The first-order valence-corrected chi connectivity index (χ1v) is 8.60. The molecule has 26 heavy (non-hydrogen) atoms. The molecule has 0 unspecified atom stereocenters. The number of tetrazole rings is 1. The summed E-state index contributed by atoms with van der Waals surface area (Å²) >= 11 is 0. The van der Waals surface area contributed by atoms with E-state index in [1.54, 1.807) is 0 Å². The van der Waals surface area contributed by atoms with Gasteiger partial charge in [-0.1, -0.05) is 48.5 Å². The lowest BCUT2D eigenvalue weighted by molar-refractivity contribution is -0.125. The van der Waals surface area contributed by atoms with E-state index in [0.717, 1.165) is 23.3 Å². The monoisotopic (exact) mass is 349 g/mol. The lowest BCUT2D eigenvalue weighted by Crippen LogP contribution is -2.38. The summed E-state index contributed by atoms with van der Waals surface area (Å²) in [6.45, 7) is 0.580. The molecule has 2 aromatic carbocycles. The number of nitrogens with one attached hydrogen (secondary N) is 1. The van der Waals surface area contributed by atoms with Crippen LogP contribution >= 0.6 is 0 Å². The van der Waals surface area contributed by atoms with Crippen LogP contribution in [0.2, 0.25) is 0 Å². The number of ether oxygens (including phenoxy) is 1. The van der Waals surface area contributed by atoms with Crippen molar-refractivity contribution in [1.82, 2.24) is 25.5 Å². The van der Waals surface area contributed by atoms with Crippen LogP contribution in [0.25, 0.3) is 0 Å². The molecule has 0 spiro atoms. The quantitative estimate of drug-likeness (QED) is 0.763. The largest absolute Gasteiger partial charge is 0.493 e. The van der Waals surface area contributed by atoms with Gasteiger partial charge in [0, 0.05) is 18.4 Å². The van der Waals surface area contributed by atoms with E-state index >= 15 is 0 Å². The van der Waals surface area contributed by atoms with Crippen LogP contribution in [-0.4, -0.2) is 32.7 Å². The predicted molar refractivity (Wildman–Crippen MR) is 94.4 cm³/mol. The molecule has 0 radical (unpaired) electrons. The highest BCUT2D eigenvalue weighted by atomic mass is 16.5. The van der Waals surface area contributed by atoms with Crippen molar-refractivity contribution in [2.45, 2.75) is 24.9 Å². The van der Waals surface area contributed by atoms with Gasteiger partial charge < -0.3 is 10.1 Å². The van der Waals surface area contributed by atoms with E-state index in [4.69, 9.17) is 4.74 Å². The first-order chi connectivity index (χ1) is 12.8. The summed E-state index contributed by atoms with van der Waals surface area (Å²) in [6.07, 6.45) is 2.73. The Morgan fingerprint density at radius 3 is 2.81 bits per heavy atom. The van der Waals surface area contributed by atoms with E-state index in [1.165, 1.54) is 11.0 Å². The highest BCUT2D eigenvalue weighted by Gasteiger charge is 2.28. The Kier molecular flexibility index (Phi) is 4.59. The molecule has 2 atom stereocenters. The Bertz CT molecular complexity index is 867. The van der Waals surface area contributed by atoms with E-state index in [9.17, 15) is 4.79 Å². The van der Waals surface area contributed by atoms with Crippen LogP contribution in [0.4, 0.5) is 0 Å². The molecule has 1 aromatic heterocycles. The Morgan fingerprint density at radius 1 is 1.19 bits per heavy atom. The average molecular weight is 349 g/mol. The molecule has 0 fully saturated rings. The zero-order valence-electron chi connectivity index (χ0n) is 14.2. The van der Waals surface area contributed by atoms with Gasteiger partial charge in [0.15, 0.2) is 0 Å². The van der Waals surface area contributed by atoms with Gasteiger partial charge in [-0.25, -0.2) is 4.68 Å². The van der Waals surface area contributed by atoms with Crippen LogP contribution in [0, 0.1) is 0 Å². The van der Waals surface area contributed by atoms with Crippen LogP contribution in [0.1, 0.15) is 29.6 Å². The van der Waals surface area contributed by atoms with Gasteiger partial charge in [-0.2, -0.15) is 0 Å². The van der Waals surface area contributed by atoms with Crippen molar-refractivity contribution >= 4 is 5.91 Å². The maximum absolute atomic E-state index is 13.1. The minimum atomic E-state index is -0.512. The minimum absolute atomic E-state index is 0.0813. The molecule has 1 amide bonds. The highest BCUT2D eigenvalue weighted by Crippen LogP contribution is 2.32. The van der Waals surface area contributed by atoms with Crippen LogP contribution in [0.15, 0.2) is 60.9 Å². The number of benzene rings is 2. The number of carbonyl (C=O) groups excluding carboxylic acids is 1. The van der Waals surface area contributed by atoms with Gasteiger partial charge in [-0.15, -0.1) is 5.10 Å². The van der Waals surface area contributed by atoms with Gasteiger partial charge in [0.2, 0.25) is 5.91 Å². The molecular weight excluding hydrogens is 330 g/mol. The number of carbonyl (C=O) groups is 1. The number of nitrogens with zero attached hydrogens (tertiary/aromatic N) is 4. The van der Waals surface area contributed by atoms with E-state index in [2.05, 4.69) is 20.8 Å². The summed E-state index contributed by atoms with van der Waals surface area (Å²) in [4.78, 5) is 13.1. The topological polar surface area (TPSA) is 81.9 Å². The van der Waals surface area contributed by atoms with Crippen molar-refractivity contribution in [1.29, 1.82) is 0 Å². The first kappa shape index (κ1) is 16.3. The lowest BCUT2D eigenvalue weighted by atomic mass is 9.99. The van der Waals surface area contributed by atoms with Gasteiger partial charge in [-0.05, 0) is 22.1 Å². The SMILES string of the molecule is O=C(N[C@H]1CCOc2ccccc21)[C@H](Cc1ccccc1)n1cnnn1. The highest BCUT2D eigenvalue weighted by molar-refractivity contribution is 5.81. The third-order valence-corrected chi connectivity index (χ3v) is 4.53. The number of hydrogen-bond acceptors (Lipinski definition) is 5. The fourth-order valence-corrected chi connectivity index (χ4v) is 3.21. The molecule has 0 bridgehead atoms. The molecular formula is C19H19N5O2. The van der Waals surface area contributed by atoms with Gasteiger partial charge in [0.05, 0.1) is 12.6 Å². The Morgan fingerprint density at radius 2 is 2.00 bits per heavy atom. The van der Waals surface area contributed by atoms with Crippen molar-refractivity contribution in [3.05, 3.63) is 72.1 Å². The zero-order valence-corrected chi connectivity index (χ0v) is 14.2. The summed E-state index contributed by atoms with van der Waals surface area (Å²) in [5.41, 5.74) is 2.05. The van der Waals surface area contributed by atoms with Crippen LogP contribution < -0.4 is 10.1 Å². The molecule has 1 aliphatic heterocycles. The number of fused-ring (bicyclic) bond motifs is 1. The van der Waals surface area contributed by atoms with E-state index in [1.807, 2.05) is 54.6 Å². The van der Waals surface area contributed by atoms with E-state index in [0.29, 0.717) is 13.0 Å². The minimum Gasteiger partial charge on any atom is -0.493 e. The number of rotatable bonds is 5. The second kappa shape index (κ2) is 7.35. The molecule has 0 aliphatic carbocycles. The number of para-hydroxylation sites is 1. The standard InChI is InChI=1S/C19H19N5O2/c25-19(21-16-10-11-26-18-9-5-4-8-15(16)18)17(24-13-20-22-23-24)12-14-6-2-1-3-7-14/h1-9,13,16-17H,10-12H2,(H,21,25)/t16-,17-/m0/s1. The molecule has 1 N–H and O–H groups in total. The Hall–Kier alpha value is -3.22. The second-order valence-electron chi connectivity index (χ2n) is 6.23. The molecule has 7 nitrogen and oxygen atoms in total. The lowest BCUT2D eigenvalue weighted by Gasteiger charge is -2.28. The number of hydrogen-bond donors (Lipinski definition) is 1. The van der Waals surface area contributed by atoms with Crippen molar-refractivity contribution in [2.24, 2.45) is 0 Å². The molecule has 132 valence electrons. The first-order valence-electron chi connectivity index (χ1n) is 8.60.